The largest absolute Gasteiger partial charge is 0.508 e. The third-order valence-electron chi connectivity index (χ3n) is 15.4. The van der Waals surface area contributed by atoms with Crippen LogP contribution in [0.4, 0.5) is 0 Å². The Morgan fingerprint density at radius 3 is 1.55 bits per heavy atom. The van der Waals surface area contributed by atoms with Gasteiger partial charge in [0.25, 0.3) is 0 Å². The highest BCUT2D eigenvalue weighted by molar-refractivity contribution is 7.82. The number of carbonyl (C=O) groups is 11. The summed E-state index contributed by atoms with van der Waals surface area (Å²) in [4.78, 5) is 166. The van der Waals surface area contributed by atoms with Crippen LogP contribution in [0.25, 0.3) is 0 Å². The third-order valence-corrected chi connectivity index (χ3v) is 15.9. The van der Waals surface area contributed by atoms with Crippen molar-refractivity contribution in [3.8, 4) is 5.75 Å². The van der Waals surface area contributed by atoms with Crippen LogP contribution in [0.1, 0.15) is 110 Å². The lowest BCUT2D eigenvalue weighted by molar-refractivity contribution is -0.143. The van der Waals surface area contributed by atoms with E-state index in [0.29, 0.717) is 24.0 Å². The second-order valence-corrected chi connectivity index (χ2v) is 26.8. The number of thiol groups is 2. The number of hydrogen-bond acceptors (Lipinski definition) is 18. The average Bonchev–Trinajstić information content (AvgIpc) is 1.57. The number of aliphatic imine (C=N–C) groups is 3. The van der Waals surface area contributed by atoms with Gasteiger partial charge in [0.2, 0.25) is 65.0 Å². The van der Waals surface area contributed by atoms with Crippen molar-refractivity contribution in [2.24, 2.45) is 66.8 Å². The number of carbonyl (C=O) groups excluding carboxylic acids is 11. The smallest absolute Gasteiger partial charge is 0.245 e. The minimum absolute atomic E-state index is 0.0106. The molecular weight excluding hydrogens is 1280 g/mol. The molecule has 1 aliphatic rings. The third kappa shape index (κ3) is 28.8. The van der Waals surface area contributed by atoms with Gasteiger partial charge in [0, 0.05) is 42.1 Å². The summed E-state index contributed by atoms with van der Waals surface area (Å²) in [5.74, 6) is -10.1. The molecule has 532 valence electrons. The zero-order valence-corrected chi connectivity index (χ0v) is 57.0. The zero-order chi connectivity index (χ0) is 72.0. The summed E-state index contributed by atoms with van der Waals surface area (Å²) >= 11 is 9.10. The van der Waals surface area contributed by atoms with E-state index in [1.165, 1.54) is 30.9 Å². The quantitative estimate of drug-likeness (QED) is 0.0129. The number of guanidine groups is 3. The van der Waals surface area contributed by atoms with Crippen molar-refractivity contribution >= 4 is 108 Å². The van der Waals surface area contributed by atoms with Gasteiger partial charge in [-0.25, -0.2) is 0 Å². The van der Waals surface area contributed by atoms with Gasteiger partial charge in [0.05, 0.1) is 19.1 Å². The number of nitrogens with zero attached hydrogens (tertiary/aromatic N) is 4. The minimum Gasteiger partial charge on any atom is -0.508 e. The molecule has 10 atom stereocenters. The van der Waals surface area contributed by atoms with Crippen LogP contribution in [-0.2, 0) is 65.6 Å². The molecule has 0 unspecified atom stereocenters. The molecule has 1 heterocycles. The maximum absolute atomic E-state index is 14.7. The topological polar surface area (TPSA) is 565 Å². The summed E-state index contributed by atoms with van der Waals surface area (Å²) in [6.45, 7) is 8.58. The molecule has 11 amide bonds. The van der Waals surface area contributed by atoms with Crippen LogP contribution >= 0.6 is 25.3 Å². The van der Waals surface area contributed by atoms with Crippen LogP contribution in [0.5, 0.6) is 5.75 Å². The maximum Gasteiger partial charge on any atom is 0.245 e. The van der Waals surface area contributed by atoms with Crippen molar-refractivity contribution in [1.29, 1.82) is 0 Å². The second-order valence-electron chi connectivity index (χ2n) is 24.5. The SMILES string of the molecule is CC[C@H](C)[C@H](NC(=O)[C@H](CCCN=C(N)N)NC(=O)[C@H](CCCN=C(N)N)NC(=O)[C@@H](NC(=O)[C@H](Cc1ccccc1)NC(=O)CNC(=O)CNC(=O)[C@@H](N)Cc1ccc(O)cc1)C(C)(C)S)C(=O)N[C@@H](CCCN=C(N)N)C(=O)N1CCC[C@H]1C(=O)N[C@@H](C(N)=O)C(C)(C)S. The lowest BCUT2D eigenvalue weighted by Crippen LogP contribution is -2.63. The molecule has 1 saturated heterocycles. The molecule has 3 rings (SSSR count). The molecule has 0 bridgehead atoms. The first-order valence-corrected chi connectivity index (χ1v) is 32.4. The van der Waals surface area contributed by atoms with Gasteiger partial charge < -0.3 is 104 Å². The zero-order valence-electron chi connectivity index (χ0n) is 55.2. The monoisotopic (exact) mass is 1380 g/mol. The van der Waals surface area contributed by atoms with Crippen LogP contribution in [0, 0.1) is 5.92 Å². The Bertz CT molecular complexity index is 3060. The number of benzene rings is 2. The van der Waals surface area contributed by atoms with Crippen molar-refractivity contribution in [2.45, 2.75) is 176 Å². The number of phenolic OH excluding ortho intramolecular Hbond substituents is 1. The Balaban J connectivity index is 1.94. The molecule has 2 aromatic rings. The highest BCUT2D eigenvalue weighted by atomic mass is 32.1. The average molecular weight is 1380 g/mol. The number of likely N-dealkylation sites (tertiary alicyclic amines) is 1. The summed E-state index contributed by atoms with van der Waals surface area (Å²) in [5.41, 5.74) is 46.4. The predicted molar refractivity (Wildman–Crippen MR) is 369 cm³/mol. The van der Waals surface area contributed by atoms with Gasteiger partial charge in [0.15, 0.2) is 17.9 Å². The number of aromatic hydroxyl groups is 1. The highest BCUT2D eigenvalue weighted by Gasteiger charge is 2.43. The minimum atomic E-state index is -1.55. The fourth-order valence-electron chi connectivity index (χ4n) is 10.0. The number of hydrogen-bond donors (Lipinski definition) is 20. The van der Waals surface area contributed by atoms with E-state index in [0.717, 1.165) is 0 Å². The summed E-state index contributed by atoms with van der Waals surface area (Å²) < 4.78 is -2.47. The Labute approximate surface area is 569 Å². The Hall–Kier alpha value is -9.12. The standard InChI is InChI=1S/C61H99N21O12S2/c1-7-33(2)45(54(92)78-40(19-13-27-72-59(68)69)56(94)82-28-14-20-42(82)53(91)80-46(48(63)86)60(3,4)95)79-51(89)39(18-12-26-71-58(66)67)76-50(88)38(17-11-25-70-57(64)65)77-55(93)47(61(5,6)96)81-52(90)41(30-34-15-9-8-10-16-34)75-44(85)32-73-43(84)31-74-49(87)37(62)29-35-21-23-36(83)24-22-35/h8-10,15-16,21-24,33,37-42,45-47,83,95-96H,7,11-14,17-20,25-32,62H2,1-6H3,(H2,63,86)(H,73,84)(H,74,87)(H,75,85)(H,76,88)(H,77,93)(H,78,92)(H,79,89)(H,80,91)(H,81,90)(H4,64,65,70)(H4,66,67,71)(H4,68,69,72)/t33-,37-,38-,39-,40-,41-,42-,45-,46-,47+/m0/s1. The van der Waals surface area contributed by atoms with E-state index in [9.17, 15) is 57.8 Å². The molecule has 1 fully saturated rings. The predicted octanol–water partition coefficient (Wildman–Crippen LogP) is -4.77. The molecule has 33 nitrogen and oxygen atoms in total. The van der Waals surface area contributed by atoms with Crippen LogP contribution in [0.2, 0.25) is 0 Å². The highest BCUT2D eigenvalue weighted by Crippen LogP contribution is 2.24. The van der Waals surface area contributed by atoms with Gasteiger partial charge >= 0.3 is 0 Å². The summed E-state index contributed by atoms with van der Waals surface area (Å²) in [7, 11) is 0. The molecule has 96 heavy (non-hydrogen) atoms. The van der Waals surface area contributed by atoms with Crippen molar-refractivity contribution < 1.29 is 57.8 Å². The fraction of sp³-hybridized carbons (Fsp3) is 0.574. The molecule has 26 N–H and O–H groups in total. The Morgan fingerprint density at radius 1 is 0.562 bits per heavy atom. The van der Waals surface area contributed by atoms with Crippen LogP contribution in [-0.4, -0.2) is 196 Å². The van der Waals surface area contributed by atoms with Gasteiger partial charge in [-0.1, -0.05) is 62.7 Å². The Morgan fingerprint density at radius 2 is 1.04 bits per heavy atom. The van der Waals surface area contributed by atoms with Gasteiger partial charge in [-0.15, -0.1) is 0 Å². The summed E-state index contributed by atoms with van der Waals surface area (Å²) in [6.07, 6.45) is 0.929. The molecular formula is C61H99N21O12S2. The number of phenols is 1. The van der Waals surface area contributed by atoms with E-state index >= 15 is 0 Å². The molecule has 2 aromatic carbocycles. The normalized spacial score (nSPS) is 15.7. The molecule has 0 aliphatic carbocycles. The van der Waals surface area contributed by atoms with E-state index in [-0.39, 0.29) is 108 Å². The molecule has 0 radical (unpaired) electrons. The lowest BCUT2D eigenvalue weighted by atomic mass is 9.96. The van der Waals surface area contributed by atoms with Crippen molar-refractivity contribution in [3.63, 3.8) is 0 Å². The first kappa shape index (κ1) is 81.1. The second kappa shape index (κ2) is 39.7. The number of nitrogens with two attached hydrogens (primary N) is 8. The number of rotatable bonds is 40. The molecule has 35 heteroatoms. The number of nitrogens with one attached hydrogen (secondary N) is 9. The Kier molecular flexibility index (Phi) is 33.5. The van der Waals surface area contributed by atoms with E-state index in [2.05, 4.69) is 88.1 Å². The van der Waals surface area contributed by atoms with Gasteiger partial charge in [-0.2, -0.15) is 25.3 Å². The van der Waals surface area contributed by atoms with Gasteiger partial charge in [-0.3, -0.25) is 67.7 Å². The fourth-order valence-corrected chi connectivity index (χ4v) is 10.4. The summed E-state index contributed by atoms with van der Waals surface area (Å²) in [5, 5.41) is 33.2. The number of amides is 11. The molecule has 0 spiro atoms. The van der Waals surface area contributed by atoms with Crippen molar-refractivity contribution in [3.05, 3.63) is 65.7 Å². The molecule has 0 saturated carbocycles. The van der Waals surface area contributed by atoms with E-state index < -0.39 is 148 Å². The van der Waals surface area contributed by atoms with Crippen LogP contribution < -0.4 is 93.7 Å². The van der Waals surface area contributed by atoms with E-state index in [1.54, 1.807) is 70.2 Å². The lowest BCUT2D eigenvalue weighted by Gasteiger charge is -2.33. The molecule has 0 aromatic heterocycles. The number of primary amides is 1. The van der Waals surface area contributed by atoms with E-state index in [4.69, 9.17) is 45.9 Å². The van der Waals surface area contributed by atoms with Gasteiger partial charge in [0.1, 0.15) is 54.1 Å². The molecule has 1 aliphatic heterocycles. The first-order chi connectivity index (χ1) is 45.0. The summed E-state index contributed by atoms with van der Waals surface area (Å²) in [6, 6.07) is 2.74. The van der Waals surface area contributed by atoms with Crippen LogP contribution in [0.15, 0.2) is 69.6 Å². The first-order valence-electron chi connectivity index (χ1n) is 31.5. The van der Waals surface area contributed by atoms with Crippen LogP contribution in [0.3, 0.4) is 0 Å². The van der Waals surface area contributed by atoms with Crippen molar-refractivity contribution in [2.75, 3.05) is 39.3 Å². The van der Waals surface area contributed by atoms with Gasteiger partial charge in [-0.05, 0) is 115 Å². The van der Waals surface area contributed by atoms with Crippen molar-refractivity contribution in [1.82, 2.24) is 52.8 Å². The van der Waals surface area contributed by atoms with E-state index in [1.807, 2.05) is 0 Å². The maximum atomic E-state index is 14.7.